The van der Waals surface area contributed by atoms with Gasteiger partial charge >= 0.3 is 0 Å². The van der Waals surface area contributed by atoms with Gasteiger partial charge in [0.2, 0.25) is 5.95 Å². The summed E-state index contributed by atoms with van der Waals surface area (Å²) in [4.78, 5) is 9.53. The van der Waals surface area contributed by atoms with Gasteiger partial charge in [0.15, 0.2) is 0 Å². The average molecular weight is 358 g/mol. The predicted molar refractivity (Wildman–Crippen MR) is 112 cm³/mol. The number of rotatable bonds is 6. The van der Waals surface area contributed by atoms with Gasteiger partial charge < -0.3 is 10.6 Å². The zero-order valence-corrected chi connectivity index (χ0v) is 15.6. The molecule has 0 spiro atoms. The summed E-state index contributed by atoms with van der Waals surface area (Å²) >= 11 is 0. The maximum Gasteiger partial charge on any atom is 0.225 e. The molecule has 0 radical (unpaired) electrons. The first-order valence-electron chi connectivity index (χ1n) is 9.86. The van der Waals surface area contributed by atoms with Crippen molar-refractivity contribution in [3.8, 4) is 11.3 Å². The normalized spacial score (nSPS) is 14.7. The first-order chi connectivity index (χ1) is 13.4. The average Bonchev–Trinajstić information content (AvgIpc) is 2.74. The molecule has 2 N–H and O–H groups in total. The van der Waals surface area contributed by atoms with Gasteiger partial charge in [-0.25, -0.2) is 4.98 Å². The third kappa shape index (κ3) is 4.85. The van der Waals surface area contributed by atoms with Crippen molar-refractivity contribution in [2.75, 3.05) is 10.6 Å². The summed E-state index contributed by atoms with van der Waals surface area (Å²) in [5, 5.41) is 7.02. The summed E-state index contributed by atoms with van der Waals surface area (Å²) in [6.07, 6.45) is 6.31. The van der Waals surface area contributed by atoms with Gasteiger partial charge in [0.1, 0.15) is 5.82 Å². The van der Waals surface area contributed by atoms with Gasteiger partial charge in [-0.3, -0.25) is 0 Å². The lowest BCUT2D eigenvalue weighted by Crippen LogP contribution is -2.23. The Morgan fingerprint density at radius 2 is 1.52 bits per heavy atom. The predicted octanol–water partition coefficient (Wildman–Crippen LogP) is 5.50. The van der Waals surface area contributed by atoms with E-state index < -0.39 is 0 Å². The molecule has 0 saturated heterocycles. The Morgan fingerprint density at radius 1 is 0.815 bits per heavy atom. The highest BCUT2D eigenvalue weighted by Crippen LogP contribution is 2.24. The molecule has 0 unspecified atom stereocenters. The fourth-order valence-electron chi connectivity index (χ4n) is 3.58. The van der Waals surface area contributed by atoms with Gasteiger partial charge in [-0.05, 0) is 18.4 Å². The number of nitrogens with one attached hydrogen (secondary N) is 2. The van der Waals surface area contributed by atoms with E-state index in [1.807, 2.05) is 30.3 Å². The molecular weight excluding hydrogens is 332 g/mol. The van der Waals surface area contributed by atoms with Crippen molar-refractivity contribution in [2.24, 2.45) is 0 Å². The molecule has 2 aromatic carbocycles. The van der Waals surface area contributed by atoms with Crippen LogP contribution in [0.5, 0.6) is 0 Å². The van der Waals surface area contributed by atoms with E-state index in [1.54, 1.807) is 0 Å². The van der Waals surface area contributed by atoms with Crippen molar-refractivity contribution in [3.05, 3.63) is 72.3 Å². The van der Waals surface area contributed by atoms with Crippen LogP contribution in [0.1, 0.15) is 37.7 Å². The van der Waals surface area contributed by atoms with E-state index in [9.17, 15) is 0 Å². The summed E-state index contributed by atoms with van der Waals surface area (Å²) in [6.45, 7) is 0.745. The Morgan fingerprint density at radius 3 is 2.26 bits per heavy atom. The Kier molecular flexibility index (Phi) is 5.63. The standard InChI is InChI=1S/C23H26N4/c1-4-10-18(11-5-1)17-24-22-16-21(19-12-6-2-7-13-19)26-23(27-22)25-20-14-8-3-9-15-20/h1-2,4-7,10-13,16,20H,3,8-9,14-15,17H2,(H2,24,25,26,27). The number of benzene rings is 2. The molecule has 0 aliphatic heterocycles. The van der Waals surface area contributed by atoms with Gasteiger partial charge in [-0.2, -0.15) is 4.98 Å². The van der Waals surface area contributed by atoms with Crippen molar-refractivity contribution in [3.63, 3.8) is 0 Å². The Bertz CT molecular complexity index is 843. The number of nitrogens with zero attached hydrogens (tertiary/aromatic N) is 2. The minimum Gasteiger partial charge on any atom is -0.366 e. The van der Waals surface area contributed by atoms with Gasteiger partial charge in [0.05, 0.1) is 5.69 Å². The minimum absolute atomic E-state index is 0.478. The summed E-state index contributed by atoms with van der Waals surface area (Å²) in [7, 11) is 0. The Balaban J connectivity index is 1.57. The topological polar surface area (TPSA) is 49.8 Å². The van der Waals surface area contributed by atoms with Crippen molar-refractivity contribution in [2.45, 2.75) is 44.7 Å². The SMILES string of the molecule is c1ccc(CNc2cc(-c3ccccc3)nc(NC3CCCCC3)n2)cc1. The van der Waals surface area contributed by atoms with E-state index >= 15 is 0 Å². The van der Waals surface area contributed by atoms with E-state index in [0.717, 1.165) is 29.6 Å². The summed E-state index contributed by atoms with van der Waals surface area (Å²) in [5.74, 6) is 1.57. The van der Waals surface area contributed by atoms with Crippen LogP contribution in [-0.2, 0) is 6.54 Å². The molecule has 1 aromatic heterocycles. The van der Waals surface area contributed by atoms with Crippen LogP contribution in [-0.4, -0.2) is 16.0 Å². The molecule has 1 aliphatic rings. The van der Waals surface area contributed by atoms with Gasteiger partial charge in [-0.15, -0.1) is 0 Å². The van der Waals surface area contributed by atoms with E-state index in [0.29, 0.717) is 6.04 Å². The van der Waals surface area contributed by atoms with Crippen LogP contribution in [0.2, 0.25) is 0 Å². The number of aromatic nitrogens is 2. The zero-order chi connectivity index (χ0) is 18.3. The highest BCUT2D eigenvalue weighted by molar-refractivity contribution is 5.64. The van der Waals surface area contributed by atoms with E-state index in [1.165, 1.54) is 37.7 Å². The summed E-state index contributed by atoms with van der Waals surface area (Å²) < 4.78 is 0. The van der Waals surface area contributed by atoms with E-state index in [4.69, 9.17) is 9.97 Å². The molecule has 0 amide bonds. The van der Waals surface area contributed by atoms with Gasteiger partial charge in [0, 0.05) is 24.2 Å². The van der Waals surface area contributed by atoms with Crippen LogP contribution in [0.3, 0.4) is 0 Å². The van der Waals surface area contributed by atoms with Crippen molar-refractivity contribution in [1.82, 2.24) is 9.97 Å². The lowest BCUT2D eigenvalue weighted by molar-refractivity contribution is 0.461. The second-order valence-electron chi connectivity index (χ2n) is 7.15. The summed E-state index contributed by atoms with van der Waals surface area (Å²) in [6, 6.07) is 23.2. The van der Waals surface area contributed by atoms with E-state index in [-0.39, 0.29) is 0 Å². The maximum absolute atomic E-state index is 4.79. The molecule has 1 heterocycles. The lowest BCUT2D eigenvalue weighted by Gasteiger charge is -2.23. The molecule has 1 fully saturated rings. The Labute approximate surface area is 161 Å². The molecule has 3 aromatic rings. The minimum atomic E-state index is 0.478. The quantitative estimate of drug-likeness (QED) is 0.611. The molecule has 1 saturated carbocycles. The first kappa shape index (κ1) is 17.5. The van der Waals surface area contributed by atoms with Gasteiger partial charge in [0.25, 0.3) is 0 Å². The molecule has 0 atom stereocenters. The molecule has 4 rings (SSSR count). The fourth-order valence-corrected chi connectivity index (χ4v) is 3.58. The first-order valence-corrected chi connectivity index (χ1v) is 9.86. The largest absolute Gasteiger partial charge is 0.366 e. The molecule has 4 nitrogen and oxygen atoms in total. The smallest absolute Gasteiger partial charge is 0.225 e. The third-order valence-corrected chi connectivity index (χ3v) is 5.05. The number of hydrogen-bond acceptors (Lipinski definition) is 4. The monoisotopic (exact) mass is 358 g/mol. The number of anilines is 2. The van der Waals surface area contributed by atoms with Crippen LogP contribution < -0.4 is 10.6 Å². The van der Waals surface area contributed by atoms with Crippen molar-refractivity contribution >= 4 is 11.8 Å². The fraction of sp³-hybridized carbons (Fsp3) is 0.304. The van der Waals surface area contributed by atoms with Crippen molar-refractivity contribution < 1.29 is 0 Å². The molecule has 1 aliphatic carbocycles. The highest BCUT2D eigenvalue weighted by atomic mass is 15.2. The van der Waals surface area contributed by atoms with Crippen LogP contribution in [0, 0.1) is 0 Å². The lowest BCUT2D eigenvalue weighted by atomic mass is 9.96. The van der Waals surface area contributed by atoms with Crippen LogP contribution >= 0.6 is 0 Å². The third-order valence-electron chi connectivity index (χ3n) is 5.05. The van der Waals surface area contributed by atoms with E-state index in [2.05, 4.69) is 47.0 Å². The molecule has 138 valence electrons. The Hall–Kier alpha value is -2.88. The zero-order valence-electron chi connectivity index (χ0n) is 15.6. The summed E-state index contributed by atoms with van der Waals surface area (Å²) in [5.41, 5.74) is 3.29. The van der Waals surface area contributed by atoms with Crippen molar-refractivity contribution in [1.29, 1.82) is 0 Å². The second kappa shape index (κ2) is 8.67. The molecule has 0 bridgehead atoms. The molecule has 27 heavy (non-hydrogen) atoms. The highest BCUT2D eigenvalue weighted by Gasteiger charge is 2.15. The van der Waals surface area contributed by atoms with Crippen LogP contribution in [0.4, 0.5) is 11.8 Å². The van der Waals surface area contributed by atoms with Crippen LogP contribution in [0.15, 0.2) is 66.7 Å². The van der Waals surface area contributed by atoms with Crippen LogP contribution in [0.25, 0.3) is 11.3 Å². The number of hydrogen-bond donors (Lipinski definition) is 2. The molecular formula is C23H26N4. The second-order valence-corrected chi connectivity index (χ2v) is 7.15. The maximum atomic E-state index is 4.79. The molecule has 4 heteroatoms. The van der Waals surface area contributed by atoms with Gasteiger partial charge in [-0.1, -0.05) is 79.9 Å².